The number of benzene rings is 1. The maximum atomic E-state index is 4.39. The second kappa shape index (κ2) is 2.78. The Morgan fingerprint density at radius 3 is 3.00 bits per heavy atom. The number of imidazole rings is 1. The van der Waals surface area contributed by atoms with Gasteiger partial charge in [0.1, 0.15) is 0 Å². The maximum absolute atomic E-state index is 4.39. The highest BCUT2D eigenvalue weighted by atomic mass is 79.9. The fourth-order valence-corrected chi connectivity index (χ4v) is 1.83. The molecule has 0 aliphatic carbocycles. The molecule has 4 heteroatoms. The van der Waals surface area contributed by atoms with Crippen molar-refractivity contribution >= 4 is 32.7 Å². The zero-order valence-corrected chi connectivity index (χ0v) is 8.77. The molecule has 3 aromatic rings. The van der Waals surface area contributed by atoms with Crippen molar-refractivity contribution in [1.29, 1.82) is 0 Å². The van der Waals surface area contributed by atoms with Crippen LogP contribution in [0.15, 0.2) is 41.1 Å². The Labute approximate surface area is 88.5 Å². The van der Waals surface area contributed by atoms with Gasteiger partial charge in [-0.05, 0) is 28.1 Å². The lowest BCUT2D eigenvalue weighted by molar-refractivity contribution is 1.12. The molecule has 0 amide bonds. The molecule has 2 heterocycles. The van der Waals surface area contributed by atoms with E-state index in [9.17, 15) is 0 Å². The zero-order valence-electron chi connectivity index (χ0n) is 7.18. The lowest BCUT2D eigenvalue weighted by Crippen LogP contribution is -1.86. The summed E-state index contributed by atoms with van der Waals surface area (Å²) in [6.07, 6.45) is 3.72. The third-order valence-electron chi connectivity index (χ3n) is 2.13. The molecule has 0 atom stereocenters. The van der Waals surface area contributed by atoms with E-state index < -0.39 is 0 Å². The fraction of sp³-hybridized carbons (Fsp3) is 0. The number of hydrogen-bond acceptors (Lipinski definition) is 2. The van der Waals surface area contributed by atoms with Gasteiger partial charge in [-0.25, -0.2) is 9.97 Å². The van der Waals surface area contributed by atoms with Crippen LogP contribution in [0.5, 0.6) is 0 Å². The summed E-state index contributed by atoms with van der Waals surface area (Å²) in [7, 11) is 0. The van der Waals surface area contributed by atoms with E-state index in [1.165, 1.54) is 0 Å². The number of fused-ring (bicyclic) bond motifs is 3. The molecule has 0 aliphatic rings. The van der Waals surface area contributed by atoms with E-state index in [4.69, 9.17) is 0 Å². The number of halogens is 1. The maximum Gasteiger partial charge on any atom is 0.234 e. The highest BCUT2D eigenvalue weighted by molar-refractivity contribution is 9.10. The third-order valence-corrected chi connectivity index (χ3v) is 2.54. The van der Waals surface area contributed by atoms with Gasteiger partial charge < -0.3 is 0 Å². The molecule has 3 nitrogen and oxygen atoms in total. The van der Waals surface area contributed by atoms with Crippen LogP contribution in [-0.2, 0) is 0 Å². The Morgan fingerprint density at radius 1 is 1.21 bits per heavy atom. The van der Waals surface area contributed by atoms with Crippen molar-refractivity contribution in [1.82, 2.24) is 14.4 Å². The molecule has 0 N–H and O–H groups in total. The van der Waals surface area contributed by atoms with Crippen molar-refractivity contribution < 1.29 is 0 Å². The summed E-state index contributed by atoms with van der Waals surface area (Å²) in [6, 6.07) is 7.99. The van der Waals surface area contributed by atoms with Crippen LogP contribution in [0.2, 0.25) is 0 Å². The van der Waals surface area contributed by atoms with E-state index in [1.54, 1.807) is 6.20 Å². The van der Waals surface area contributed by atoms with Crippen LogP contribution in [0.3, 0.4) is 0 Å². The summed E-state index contributed by atoms with van der Waals surface area (Å²) in [6.45, 7) is 0. The monoisotopic (exact) mass is 247 g/mol. The van der Waals surface area contributed by atoms with Crippen LogP contribution in [-0.4, -0.2) is 14.4 Å². The van der Waals surface area contributed by atoms with Gasteiger partial charge in [0, 0.05) is 12.4 Å². The Balaban J connectivity index is 2.58. The van der Waals surface area contributed by atoms with Crippen LogP contribution in [0.1, 0.15) is 0 Å². The lowest BCUT2D eigenvalue weighted by atomic mass is 10.3. The van der Waals surface area contributed by atoms with E-state index in [0.717, 1.165) is 21.3 Å². The summed E-state index contributed by atoms with van der Waals surface area (Å²) >= 11 is 3.39. The molecular formula is C10H6BrN3. The van der Waals surface area contributed by atoms with Gasteiger partial charge in [0.25, 0.3) is 0 Å². The average molecular weight is 248 g/mol. The number of nitrogens with zero attached hydrogens (tertiary/aromatic N) is 3. The summed E-state index contributed by atoms with van der Waals surface area (Å²) in [5, 5.41) is 0. The first-order valence-corrected chi connectivity index (χ1v) is 5.02. The summed E-state index contributed by atoms with van der Waals surface area (Å²) in [5.41, 5.74) is 2.05. The second-order valence-corrected chi connectivity index (χ2v) is 3.96. The van der Waals surface area contributed by atoms with Gasteiger partial charge in [-0.2, -0.15) is 0 Å². The fourth-order valence-electron chi connectivity index (χ4n) is 1.53. The molecule has 0 unspecified atom stereocenters. The van der Waals surface area contributed by atoms with Gasteiger partial charge in [-0.3, -0.25) is 4.40 Å². The normalized spacial score (nSPS) is 11.2. The number of aromatic nitrogens is 3. The predicted molar refractivity (Wildman–Crippen MR) is 58.2 cm³/mol. The number of para-hydroxylation sites is 2. The lowest BCUT2D eigenvalue weighted by Gasteiger charge is -1.94. The first-order valence-electron chi connectivity index (χ1n) is 4.23. The van der Waals surface area contributed by atoms with E-state index in [0.29, 0.717) is 0 Å². The first-order chi connectivity index (χ1) is 6.84. The minimum atomic E-state index is 0.731. The smallest absolute Gasteiger partial charge is 0.234 e. The molecule has 0 spiro atoms. The van der Waals surface area contributed by atoms with Crippen LogP contribution < -0.4 is 0 Å². The Hall–Kier alpha value is -1.42. The van der Waals surface area contributed by atoms with Gasteiger partial charge >= 0.3 is 0 Å². The summed E-state index contributed by atoms with van der Waals surface area (Å²) in [5.74, 6) is 0.731. The van der Waals surface area contributed by atoms with E-state index >= 15 is 0 Å². The SMILES string of the molecule is Brc1cnc2nc3ccccc3n2c1. The molecule has 0 radical (unpaired) electrons. The topological polar surface area (TPSA) is 30.2 Å². The Bertz CT molecular complexity index is 615. The van der Waals surface area contributed by atoms with Gasteiger partial charge in [0.2, 0.25) is 5.78 Å². The first kappa shape index (κ1) is 7.94. The van der Waals surface area contributed by atoms with Crippen molar-refractivity contribution in [3.05, 3.63) is 41.1 Å². The van der Waals surface area contributed by atoms with E-state index in [2.05, 4.69) is 25.9 Å². The molecule has 0 bridgehead atoms. The summed E-state index contributed by atoms with van der Waals surface area (Å²) in [4.78, 5) is 8.61. The average Bonchev–Trinajstić information content (AvgIpc) is 2.56. The molecule has 3 rings (SSSR count). The van der Waals surface area contributed by atoms with Gasteiger partial charge in [0.15, 0.2) is 0 Å². The minimum absolute atomic E-state index is 0.731. The van der Waals surface area contributed by atoms with Gasteiger partial charge in [-0.15, -0.1) is 0 Å². The van der Waals surface area contributed by atoms with Crippen molar-refractivity contribution in [2.75, 3.05) is 0 Å². The Kier molecular flexibility index (Phi) is 1.58. The molecule has 14 heavy (non-hydrogen) atoms. The largest absolute Gasteiger partial charge is 0.283 e. The quantitative estimate of drug-likeness (QED) is 0.612. The van der Waals surface area contributed by atoms with Crippen molar-refractivity contribution in [3.63, 3.8) is 0 Å². The molecule has 2 aromatic heterocycles. The molecule has 0 saturated carbocycles. The second-order valence-electron chi connectivity index (χ2n) is 3.04. The van der Waals surface area contributed by atoms with Gasteiger partial charge in [-0.1, -0.05) is 12.1 Å². The molecule has 68 valence electrons. The molecule has 0 aliphatic heterocycles. The van der Waals surface area contributed by atoms with Crippen LogP contribution in [0.25, 0.3) is 16.8 Å². The van der Waals surface area contributed by atoms with E-state index in [-0.39, 0.29) is 0 Å². The molecule has 0 fully saturated rings. The number of hydrogen-bond donors (Lipinski definition) is 0. The highest BCUT2D eigenvalue weighted by Crippen LogP contribution is 2.16. The van der Waals surface area contributed by atoms with Crippen LogP contribution in [0, 0.1) is 0 Å². The van der Waals surface area contributed by atoms with E-state index in [1.807, 2.05) is 34.9 Å². The Morgan fingerprint density at radius 2 is 2.07 bits per heavy atom. The standard InChI is InChI=1S/C10H6BrN3/c11-7-5-12-10-13-8-3-1-2-4-9(8)14(10)6-7/h1-6H. The van der Waals surface area contributed by atoms with Crippen molar-refractivity contribution in [3.8, 4) is 0 Å². The molecule has 1 aromatic carbocycles. The third kappa shape index (κ3) is 1.04. The van der Waals surface area contributed by atoms with Gasteiger partial charge in [0.05, 0.1) is 15.5 Å². The zero-order chi connectivity index (χ0) is 9.54. The van der Waals surface area contributed by atoms with Crippen molar-refractivity contribution in [2.45, 2.75) is 0 Å². The van der Waals surface area contributed by atoms with Crippen molar-refractivity contribution in [2.24, 2.45) is 0 Å². The minimum Gasteiger partial charge on any atom is -0.283 e. The highest BCUT2D eigenvalue weighted by Gasteiger charge is 2.03. The van der Waals surface area contributed by atoms with Crippen LogP contribution >= 0.6 is 15.9 Å². The van der Waals surface area contributed by atoms with Crippen LogP contribution in [0.4, 0.5) is 0 Å². The molecular weight excluding hydrogens is 242 g/mol. The predicted octanol–water partition coefficient (Wildman–Crippen LogP) is 2.65. The molecule has 0 saturated heterocycles. The number of rotatable bonds is 0. The summed E-state index contributed by atoms with van der Waals surface area (Å²) < 4.78 is 2.92.